The van der Waals surface area contributed by atoms with E-state index in [1.54, 1.807) is 37.3 Å². The third-order valence-corrected chi connectivity index (χ3v) is 3.37. The van der Waals surface area contributed by atoms with Gasteiger partial charge in [-0.05, 0) is 31.2 Å². The average molecular weight is 333 g/mol. The minimum atomic E-state index is -0.548. The van der Waals surface area contributed by atoms with Crippen LogP contribution >= 0.6 is 0 Å². The van der Waals surface area contributed by atoms with E-state index in [1.807, 2.05) is 30.3 Å². The van der Waals surface area contributed by atoms with Gasteiger partial charge < -0.3 is 9.47 Å². The van der Waals surface area contributed by atoms with Crippen molar-refractivity contribution in [3.05, 3.63) is 83.6 Å². The Hall–Kier alpha value is -3.47. The fourth-order valence-electron chi connectivity index (χ4n) is 2.23. The fraction of sp³-hybridized carbons (Fsp3) is 0.0500. The van der Waals surface area contributed by atoms with Crippen molar-refractivity contribution < 1.29 is 19.1 Å². The number of cyclic esters (lactones) is 1. The molecule has 2 aromatic rings. The van der Waals surface area contributed by atoms with E-state index >= 15 is 0 Å². The summed E-state index contributed by atoms with van der Waals surface area (Å²) in [5.41, 5.74) is 1.42. The molecule has 1 aliphatic rings. The minimum Gasteiger partial charge on any atom is -0.423 e. The molecule has 1 heterocycles. The van der Waals surface area contributed by atoms with Crippen molar-refractivity contribution >= 4 is 23.9 Å². The van der Waals surface area contributed by atoms with Crippen LogP contribution in [0.25, 0.3) is 6.08 Å². The second-order valence-electron chi connectivity index (χ2n) is 5.16. The quantitative estimate of drug-likeness (QED) is 0.488. The first-order valence-corrected chi connectivity index (χ1v) is 7.69. The Kier molecular flexibility index (Phi) is 4.85. The molecule has 0 aromatic heterocycles. The molecule has 1 aliphatic heterocycles. The van der Waals surface area contributed by atoms with Crippen LogP contribution in [0.15, 0.2) is 77.4 Å². The Morgan fingerprint density at radius 3 is 2.56 bits per heavy atom. The predicted octanol–water partition coefficient (Wildman–Crippen LogP) is 3.51. The number of aliphatic imine (C=N–C) groups is 1. The van der Waals surface area contributed by atoms with Gasteiger partial charge in [0.15, 0.2) is 5.70 Å². The van der Waals surface area contributed by atoms with E-state index in [1.165, 1.54) is 12.2 Å². The van der Waals surface area contributed by atoms with E-state index in [0.29, 0.717) is 16.9 Å². The molecule has 3 rings (SSSR count). The third-order valence-electron chi connectivity index (χ3n) is 3.37. The largest absolute Gasteiger partial charge is 0.423 e. The second-order valence-corrected chi connectivity index (χ2v) is 5.16. The molecule has 0 radical (unpaired) electrons. The molecule has 25 heavy (non-hydrogen) atoms. The maximum absolute atomic E-state index is 12.1. The standard InChI is InChI=1S/C20H15NO4/c1-2-8-18(22)24-17-12-7-6-11-15(17)13-16-20(23)25-19(21-16)14-9-4-3-5-10-14/h2-13H,1H3/b8-2+,16-13-. The predicted molar refractivity (Wildman–Crippen MR) is 93.9 cm³/mol. The van der Waals surface area contributed by atoms with Gasteiger partial charge >= 0.3 is 11.9 Å². The number of ether oxygens (including phenoxy) is 2. The van der Waals surface area contributed by atoms with Gasteiger partial charge in [0.05, 0.1) is 0 Å². The lowest BCUT2D eigenvalue weighted by Crippen LogP contribution is -2.06. The van der Waals surface area contributed by atoms with E-state index in [-0.39, 0.29) is 11.6 Å². The third kappa shape index (κ3) is 3.90. The zero-order chi connectivity index (χ0) is 17.6. The molecule has 0 aliphatic carbocycles. The summed E-state index contributed by atoms with van der Waals surface area (Å²) < 4.78 is 10.5. The van der Waals surface area contributed by atoms with Crippen LogP contribution in [0.5, 0.6) is 5.75 Å². The Balaban J connectivity index is 1.92. The lowest BCUT2D eigenvalue weighted by Gasteiger charge is -2.05. The van der Waals surface area contributed by atoms with Crippen molar-refractivity contribution in [3.63, 3.8) is 0 Å². The first-order chi connectivity index (χ1) is 12.2. The molecule has 0 saturated carbocycles. The molecule has 0 atom stereocenters. The number of allylic oxidation sites excluding steroid dienone is 1. The van der Waals surface area contributed by atoms with E-state index in [4.69, 9.17) is 9.47 Å². The highest BCUT2D eigenvalue weighted by Gasteiger charge is 2.24. The Labute approximate surface area is 144 Å². The normalized spacial score (nSPS) is 15.3. The molecular weight excluding hydrogens is 318 g/mol. The zero-order valence-electron chi connectivity index (χ0n) is 13.5. The minimum absolute atomic E-state index is 0.147. The smallest absolute Gasteiger partial charge is 0.363 e. The van der Waals surface area contributed by atoms with Gasteiger partial charge in [-0.25, -0.2) is 14.6 Å². The number of benzene rings is 2. The Bertz CT molecular complexity index is 895. The molecule has 0 saturated heterocycles. The average Bonchev–Trinajstić information content (AvgIpc) is 2.98. The van der Waals surface area contributed by atoms with Gasteiger partial charge in [0.2, 0.25) is 5.90 Å². The van der Waals surface area contributed by atoms with Gasteiger partial charge in [0.25, 0.3) is 0 Å². The number of hydrogen-bond acceptors (Lipinski definition) is 5. The molecule has 124 valence electrons. The first kappa shape index (κ1) is 16.4. The molecule has 0 unspecified atom stereocenters. The SMILES string of the molecule is C/C=C/C(=O)Oc1ccccc1/C=C1\N=C(c2ccccc2)OC1=O. The van der Waals surface area contributed by atoms with Gasteiger partial charge in [-0.2, -0.15) is 0 Å². The van der Waals surface area contributed by atoms with E-state index in [2.05, 4.69) is 4.99 Å². The number of nitrogens with zero attached hydrogens (tertiary/aromatic N) is 1. The van der Waals surface area contributed by atoms with Crippen LogP contribution in [0, 0.1) is 0 Å². The first-order valence-electron chi connectivity index (χ1n) is 7.69. The lowest BCUT2D eigenvalue weighted by molar-refractivity contribution is -0.130. The van der Waals surface area contributed by atoms with Crippen molar-refractivity contribution in [1.82, 2.24) is 0 Å². The van der Waals surface area contributed by atoms with Gasteiger partial charge in [-0.1, -0.05) is 42.5 Å². The van der Waals surface area contributed by atoms with Crippen LogP contribution in [0.1, 0.15) is 18.1 Å². The summed E-state index contributed by atoms with van der Waals surface area (Å²) in [4.78, 5) is 28.0. The highest BCUT2D eigenvalue weighted by atomic mass is 16.6. The van der Waals surface area contributed by atoms with Crippen molar-refractivity contribution in [2.24, 2.45) is 4.99 Å². The summed E-state index contributed by atoms with van der Waals surface area (Å²) in [6.45, 7) is 1.73. The molecule has 0 bridgehead atoms. The summed E-state index contributed by atoms with van der Waals surface area (Å²) in [5, 5.41) is 0. The van der Waals surface area contributed by atoms with Gasteiger partial charge in [0, 0.05) is 17.2 Å². The van der Waals surface area contributed by atoms with Crippen LogP contribution in [0.4, 0.5) is 0 Å². The molecule has 2 aromatic carbocycles. The van der Waals surface area contributed by atoms with Crippen LogP contribution < -0.4 is 4.74 Å². The van der Waals surface area contributed by atoms with Crippen LogP contribution in [0.3, 0.4) is 0 Å². The highest BCUT2D eigenvalue weighted by molar-refractivity contribution is 6.13. The molecule has 5 heteroatoms. The number of carbonyl (C=O) groups excluding carboxylic acids is 2. The highest BCUT2D eigenvalue weighted by Crippen LogP contribution is 2.24. The van der Waals surface area contributed by atoms with Gasteiger partial charge in [0.1, 0.15) is 5.75 Å². The van der Waals surface area contributed by atoms with E-state index < -0.39 is 11.9 Å². The van der Waals surface area contributed by atoms with E-state index in [0.717, 1.165) is 0 Å². The Morgan fingerprint density at radius 1 is 1.08 bits per heavy atom. The molecule has 5 nitrogen and oxygen atoms in total. The number of hydrogen-bond donors (Lipinski definition) is 0. The monoisotopic (exact) mass is 333 g/mol. The maximum Gasteiger partial charge on any atom is 0.363 e. The number of carbonyl (C=O) groups is 2. The summed E-state index contributed by atoms with van der Waals surface area (Å²) in [5.74, 6) is -0.446. The van der Waals surface area contributed by atoms with Gasteiger partial charge in [-0.3, -0.25) is 0 Å². The van der Waals surface area contributed by atoms with Crippen molar-refractivity contribution in [3.8, 4) is 5.75 Å². The van der Waals surface area contributed by atoms with Crippen molar-refractivity contribution in [1.29, 1.82) is 0 Å². The topological polar surface area (TPSA) is 65.0 Å². The zero-order valence-corrected chi connectivity index (χ0v) is 13.5. The molecule has 0 spiro atoms. The van der Waals surface area contributed by atoms with Crippen LogP contribution in [0.2, 0.25) is 0 Å². The number of rotatable bonds is 4. The maximum atomic E-state index is 12.1. The summed E-state index contributed by atoms with van der Waals surface area (Å²) >= 11 is 0. The number of esters is 2. The molecule has 0 N–H and O–H groups in total. The second kappa shape index (κ2) is 7.40. The van der Waals surface area contributed by atoms with Crippen molar-refractivity contribution in [2.75, 3.05) is 0 Å². The van der Waals surface area contributed by atoms with Gasteiger partial charge in [-0.15, -0.1) is 0 Å². The fourth-order valence-corrected chi connectivity index (χ4v) is 2.23. The number of para-hydroxylation sites is 1. The molecule has 0 amide bonds. The van der Waals surface area contributed by atoms with E-state index in [9.17, 15) is 9.59 Å². The van der Waals surface area contributed by atoms with Crippen LogP contribution in [-0.2, 0) is 14.3 Å². The lowest BCUT2D eigenvalue weighted by atomic mass is 10.1. The Morgan fingerprint density at radius 2 is 1.80 bits per heavy atom. The summed E-state index contributed by atoms with van der Waals surface area (Å²) in [6, 6.07) is 16.1. The molecule has 0 fully saturated rings. The summed E-state index contributed by atoms with van der Waals surface area (Å²) in [6.07, 6.45) is 4.45. The van der Waals surface area contributed by atoms with Crippen LogP contribution in [-0.4, -0.2) is 17.8 Å². The summed E-state index contributed by atoms with van der Waals surface area (Å²) in [7, 11) is 0. The van der Waals surface area contributed by atoms with Crippen molar-refractivity contribution in [2.45, 2.75) is 6.92 Å². The molecular formula is C20H15NO4.